The fraction of sp³-hybridized carbons (Fsp3) is 0.261. The van der Waals surface area contributed by atoms with E-state index in [1.165, 1.54) is 18.2 Å². The minimum absolute atomic E-state index is 0.254. The zero-order chi connectivity index (χ0) is 22.2. The maximum absolute atomic E-state index is 12.7. The van der Waals surface area contributed by atoms with Crippen molar-refractivity contribution in [3.8, 4) is 5.75 Å². The molecule has 1 amide bonds. The average molecular weight is 439 g/mol. The first-order chi connectivity index (χ1) is 15.1. The Morgan fingerprint density at radius 1 is 1.26 bits per heavy atom. The van der Waals surface area contributed by atoms with Crippen molar-refractivity contribution < 1.29 is 13.9 Å². The van der Waals surface area contributed by atoms with Gasteiger partial charge in [-0.1, -0.05) is 32.0 Å². The number of nitrogens with zero attached hydrogens (tertiary/aromatic N) is 2. The van der Waals surface area contributed by atoms with Crippen molar-refractivity contribution in [2.75, 3.05) is 13.7 Å². The third-order valence-corrected chi connectivity index (χ3v) is 5.38. The third kappa shape index (κ3) is 5.46. The van der Waals surface area contributed by atoms with Crippen molar-refractivity contribution in [2.24, 2.45) is 4.99 Å². The van der Waals surface area contributed by atoms with Gasteiger partial charge in [0.05, 0.1) is 29.8 Å². The van der Waals surface area contributed by atoms with Gasteiger partial charge in [-0.15, -0.1) is 0 Å². The number of aromatic nitrogens is 1. The SMILES string of the molecule is CC.COc1cccc(C(CNC(=O)C2=Nc3ccc(C)cc3SN2)c2ncco2)c1. The lowest BCUT2D eigenvalue weighted by molar-refractivity contribution is -0.115. The molecule has 8 heteroatoms. The molecule has 31 heavy (non-hydrogen) atoms. The van der Waals surface area contributed by atoms with E-state index in [9.17, 15) is 4.79 Å². The highest BCUT2D eigenvalue weighted by Crippen LogP contribution is 2.32. The van der Waals surface area contributed by atoms with Crippen molar-refractivity contribution in [1.29, 1.82) is 0 Å². The van der Waals surface area contributed by atoms with E-state index in [2.05, 4.69) is 20.0 Å². The molecular weight excluding hydrogens is 412 g/mol. The number of amidine groups is 1. The minimum Gasteiger partial charge on any atom is -0.497 e. The summed E-state index contributed by atoms with van der Waals surface area (Å²) in [7, 11) is 1.62. The molecule has 2 aromatic carbocycles. The van der Waals surface area contributed by atoms with Gasteiger partial charge in [-0.25, -0.2) is 9.98 Å². The van der Waals surface area contributed by atoms with Gasteiger partial charge in [0.2, 0.25) is 11.7 Å². The lowest BCUT2D eigenvalue weighted by atomic mass is 9.98. The Morgan fingerprint density at radius 3 is 2.84 bits per heavy atom. The number of hydrogen-bond donors (Lipinski definition) is 2. The van der Waals surface area contributed by atoms with Crippen molar-refractivity contribution in [3.63, 3.8) is 0 Å². The Hall–Kier alpha value is -3.26. The van der Waals surface area contributed by atoms with Gasteiger partial charge in [0, 0.05) is 6.54 Å². The number of nitrogens with one attached hydrogen (secondary N) is 2. The Kier molecular flexibility index (Phi) is 7.72. The number of ether oxygens (including phenoxy) is 1. The number of fused-ring (bicyclic) bond motifs is 1. The van der Waals surface area contributed by atoms with Crippen molar-refractivity contribution in [3.05, 3.63) is 71.9 Å². The molecule has 1 aliphatic heterocycles. The molecule has 0 saturated heterocycles. The molecule has 1 aliphatic rings. The van der Waals surface area contributed by atoms with Gasteiger partial charge in [-0.3, -0.25) is 4.79 Å². The third-order valence-electron chi connectivity index (χ3n) is 4.53. The molecule has 1 atom stereocenters. The molecule has 4 rings (SSSR count). The summed E-state index contributed by atoms with van der Waals surface area (Å²) in [5.74, 6) is 0.974. The van der Waals surface area contributed by atoms with Crippen LogP contribution in [0.3, 0.4) is 0 Å². The maximum Gasteiger partial charge on any atom is 0.287 e. The number of aryl methyl sites for hydroxylation is 1. The molecular formula is C23H26N4O3S. The van der Waals surface area contributed by atoms with Crippen LogP contribution in [0.15, 0.2) is 69.2 Å². The molecule has 0 saturated carbocycles. The zero-order valence-electron chi connectivity index (χ0n) is 18.0. The van der Waals surface area contributed by atoms with E-state index in [1.54, 1.807) is 13.3 Å². The number of carbonyl (C=O) groups is 1. The van der Waals surface area contributed by atoms with E-state index in [1.807, 2.05) is 63.2 Å². The van der Waals surface area contributed by atoms with Crippen molar-refractivity contribution >= 4 is 29.4 Å². The minimum atomic E-state index is -0.289. The van der Waals surface area contributed by atoms with Crippen LogP contribution >= 0.6 is 11.9 Å². The van der Waals surface area contributed by atoms with Gasteiger partial charge in [-0.2, -0.15) is 0 Å². The first kappa shape index (κ1) is 22.4. The Morgan fingerprint density at radius 2 is 2.10 bits per heavy atom. The largest absolute Gasteiger partial charge is 0.497 e. The van der Waals surface area contributed by atoms with Gasteiger partial charge < -0.3 is 19.2 Å². The van der Waals surface area contributed by atoms with Gasteiger partial charge in [-0.05, 0) is 54.3 Å². The summed E-state index contributed by atoms with van der Waals surface area (Å²) in [6.45, 7) is 6.33. The summed E-state index contributed by atoms with van der Waals surface area (Å²) in [4.78, 5) is 22.4. The van der Waals surface area contributed by atoms with Crippen LogP contribution in [0, 0.1) is 6.92 Å². The second-order valence-electron chi connectivity index (χ2n) is 6.55. The quantitative estimate of drug-likeness (QED) is 0.547. The highest BCUT2D eigenvalue weighted by molar-refractivity contribution is 7.98. The average Bonchev–Trinajstić information content (AvgIpc) is 3.35. The fourth-order valence-corrected chi connectivity index (χ4v) is 3.84. The van der Waals surface area contributed by atoms with Crippen LogP contribution in [0.4, 0.5) is 5.69 Å². The molecule has 0 radical (unpaired) electrons. The number of hydrogen-bond acceptors (Lipinski definition) is 7. The Balaban J connectivity index is 0.00000132. The molecule has 1 unspecified atom stereocenters. The molecule has 162 valence electrons. The normalized spacial score (nSPS) is 13.0. The van der Waals surface area contributed by atoms with E-state index in [0.717, 1.165) is 27.5 Å². The number of carbonyl (C=O) groups excluding carboxylic acids is 1. The second-order valence-corrected chi connectivity index (χ2v) is 7.39. The zero-order valence-corrected chi connectivity index (χ0v) is 18.8. The van der Waals surface area contributed by atoms with Gasteiger partial charge in [0.15, 0.2) is 0 Å². The molecule has 0 spiro atoms. The molecule has 2 heterocycles. The number of methoxy groups -OCH3 is 1. The number of oxazole rings is 1. The summed E-state index contributed by atoms with van der Waals surface area (Å²) >= 11 is 1.38. The predicted molar refractivity (Wildman–Crippen MR) is 123 cm³/mol. The Labute approximate surface area is 186 Å². The lowest BCUT2D eigenvalue weighted by Crippen LogP contribution is -2.40. The molecule has 3 aromatic rings. The number of benzene rings is 2. The van der Waals surface area contributed by atoms with E-state index in [-0.39, 0.29) is 17.7 Å². The van der Waals surface area contributed by atoms with E-state index in [0.29, 0.717) is 12.4 Å². The highest BCUT2D eigenvalue weighted by Gasteiger charge is 2.23. The number of aliphatic imine (C=N–C) groups is 1. The Bertz CT molecular complexity index is 1050. The second kappa shape index (κ2) is 10.7. The molecule has 1 aromatic heterocycles. The standard InChI is InChI=1S/C21H20N4O3S.C2H6/c1-13-6-7-17-18(10-13)29-25-19(24-17)20(26)23-12-16(21-22-8-9-28-21)14-4-3-5-15(11-14)27-2;1-2/h3-11,16H,12H2,1-2H3,(H,23,26)(H,24,25);1-2H3. The summed E-state index contributed by atoms with van der Waals surface area (Å²) < 4.78 is 13.8. The van der Waals surface area contributed by atoms with Gasteiger partial charge >= 0.3 is 0 Å². The molecule has 7 nitrogen and oxygen atoms in total. The molecule has 2 N–H and O–H groups in total. The van der Waals surface area contributed by atoms with Crippen LogP contribution < -0.4 is 14.8 Å². The first-order valence-electron chi connectivity index (χ1n) is 10.1. The van der Waals surface area contributed by atoms with Crippen LogP contribution in [-0.4, -0.2) is 30.4 Å². The maximum atomic E-state index is 12.7. The predicted octanol–water partition coefficient (Wildman–Crippen LogP) is 4.61. The highest BCUT2D eigenvalue weighted by atomic mass is 32.2. The van der Waals surface area contributed by atoms with Gasteiger partial charge in [0.25, 0.3) is 5.91 Å². The molecule has 0 bridgehead atoms. The van der Waals surface area contributed by atoms with Crippen LogP contribution in [0.5, 0.6) is 5.75 Å². The lowest BCUT2D eigenvalue weighted by Gasteiger charge is -2.19. The van der Waals surface area contributed by atoms with E-state index in [4.69, 9.17) is 9.15 Å². The van der Waals surface area contributed by atoms with Gasteiger partial charge in [0.1, 0.15) is 12.0 Å². The smallest absolute Gasteiger partial charge is 0.287 e. The number of rotatable bonds is 6. The molecule has 0 fully saturated rings. The first-order valence-corrected chi connectivity index (χ1v) is 10.9. The van der Waals surface area contributed by atoms with Crippen molar-refractivity contribution in [1.82, 2.24) is 15.0 Å². The number of amides is 1. The fourth-order valence-electron chi connectivity index (χ4n) is 3.03. The summed E-state index contributed by atoms with van der Waals surface area (Å²) in [5.41, 5.74) is 2.86. The van der Waals surface area contributed by atoms with Crippen LogP contribution in [0.2, 0.25) is 0 Å². The topological polar surface area (TPSA) is 88.8 Å². The van der Waals surface area contributed by atoms with Crippen molar-refractivity contribution in [2.45, 2.75) is 31.6 Å². The monoisotopic (exact) mass is 438 g/mol. The molecule has 0 aliphatic carbocycles. The summed E-state index contributed by atoms with van der Waals surface area (Å²) in [6.07, 6.45) is 3.11. The van der Waals surface area contributed by atoms with Crippen LogP contribution in [0.25, 0.3) is 0 Å². The van der Waals surface area contributed by atoms with E-state index < -0.39 is 0 Å². The summed E-state index contributed by atoms with van der Waals surface area (Å²) in [6, 6.07) is 13.6. The summed E-state index contributed by atoms with van der Waals surface area (Å²) in [5, 5.41) is 2.93. The van der Waals surface area contributed by atoms with Crippen LogP contribution in [-0.2, 0) is 4.79 Å². The van der Waals surface area contributed by atoms with E-state index >= 15 is 0 Å². The van der Waals surface area contributed by atoms with Crippen LogP contribution in [0.1, 0.15) is 36.8 Å².